The highest BCUT2D eigenvalue weighted by atomic mass is 16.6. The van der Waals surface area contributed by atoms with Crippen molar-refractivity contribution < 1.29 is 4.84 Å². The second-order valence-corrected chi connectivity index (χ2v) is 3.82. The van der Waals surface area contributed by atoms with Crippen LogP contribution in [0.25, 0.3) is 0 Å². The fourth-order valence-electron chi connectivity index (χ4n) is 1.48. The van der Waals surface area contributed by atoms with Crippen molar-refractivity contribution in [1.82, 2.24) is 4.98 Å². The Morgan fingerprint density at radius 3 is 2.93 bits per heavy atom. The van der Waals surface area contributed by atoms with Crippen LogP contribution in [0.5, 0.6) is 0 Å². The van der Waals surface area contributed by atoms with E-state index in [0.29, 0.717) is 5.92 Å². The molecule has 14 heavy (non-hydrogen) atoms. The van der Waals surface area contributed by atoms with Crippen LogP contribution in [0, 0.1) is 5.92 Å². The van der Waals surface area contributed by atoms with Gasteiger partial charge in [-0.25, -0.2) is 0 Å². The van der Waals surface area contributed by atoms with Gasteiger partial charge in [0.2, 0.25) is 0 Å². The lowest BCUT2D eigenvalue weighted by atomic mass is 10.00. The van der Waals surface area contributed by atoms with E-state index >= 15 is 0 Å². The third-order valence-corrected chi connectivity index (χ3v) is 2.41. The van der Waals surface area contributed by atoms with E-state index in [4.69, 9.17) is 4.84 Å². The minimum Gasteiger partial charge on any atom is -0.387 e. The largest absolute Gasteiger partial charge is 0.387 e. The SMILES string of the molecule is CC(C)C1=NOC(c2cccnc2)C1. The number of hydrogen-bond acceptors (Lipinski definition) is 3. The van der Waals surface area contributed by atoms with E-state index in [1.807, 2.05) is 18.3 Å². The quantitative estimate of drug-likeness (QED) is 0.718. The topological polar surface area (TPSA) is 34.5 Å². The Hall–Kier alpha value is -1.38. The van der Waals surface area contributed by atoms with Gasteiger partial charge in [0.25, 0.3) is 0 Å². The Morgan fingerprint density at radius 1 is 1.50 bits per heavy atom. The van der Waals surface area contributed by atoms with Gasteiger partial charge in [0.1, 0.15) is 0 Å². The molecule has 3 nitrogen and oxygen atoms in total. The number of aromatic nitrogens is 1. The van der Waals surface area contributed by atoms with Crippen molar-refractivity contribution in [3.05, 3.63) is 30.1 Å². The van der Waals surface area contributed by atoms with E-state index in [-0.39, 0.29) is 6.10 Å². The molecule has 74 valence electrons. The molecule has 0 fully saturated rings. The van der Waals surface area contributed by atoms with Gasteiger partial charge in [0.05, 0.1) is 5.71 Å². The molecule has 2 rings (SSSR count). The first kappa shape index (κ1) is 9.19. The second-order valence-electron chi connectivity index (χ2n) is 3.82. The number of oxime groups is 1. The molecule has 0 saturated heterocycles. The summed E-state index contributed by atoms with van der Waals surface area (Å²) in [7, 11) is 0. The van der Waals surface area contributed by atoms with Gasteiger partial charge in [-0.05, 0) is 12.0 Å². The van der Waals surface area contributed by atoms with Crippen molar-refractivity contribution in [3.63, 3.8) is 0 Å². The van der Waals surface area contributed by atoms with Crippen molar-refractivity contribution in [2.24, 2.45) is 11.1 Å². The van der Waals surface area contributed by atoms with Gasteiger partial charge < -0.3 is 4.84 Å². The minimum absolute atomic E-state index is 0.0705. The number of hydrogen-bond donors (Lipinski definition) is 0. The summed E-state index contributed by atoms with van der Waals surface area (Å²) in [4.78, 5) is 9.43. The summed E-state index contributed by atoms with van der Waals surface area (Å²) in [5.41, 5.74) is 2.24. The molecule has 1 aromatic rings. The number of rotatable bonds is 2. The standard InChI is InChI=1S/C11H14N2O/c1-8(2)10-6-11(14-13-10)9-4-3-5-12-7-9/h3-5,7-8,11H,6H2,1-2H3. The van der Waals surface area contributed by atoms with Gasteiger partial charge in [-0.1, -0.05) is 25.1 Å². The summed E-state index contributed by atoms with van der Waals surface area (Å²) in [6.07, 6.45) is 4.57. The molecule has 0 aliphatic carbocycles. The Bertz CT molecular complexity index is 332. The molecule has 0 saturated carbocycles. The summed E-state index contributed by atoms with van der Waals surface area (Å²) < 4.78 is 0. The van der Waals surface area contributed by atoms with E-state index in [1.54, 1.807) is 6.20 Å². The third-order valence-electron chi connectivity index (χ3n) is 2.41. The summed E-state index contributed by atoms with van der Waals surface area (Å²) in [5.74, 6) is 0.469. The monoisotopic (exact) mass is 190 g/mol. The zero-order valence-corrected chi connectivity index (χ0v) is 8.47. The number of nitrogens with zero attached hydrogens (tertiary/aromatic N) is 2. The fraction of sp³-hybridized carbons (Fsp3) is 0.455. The van der Waals surface area contributed by atoms with Gasteiger partial charge in [-0.15, -0.1) is 0 Å². The van der Waals surface area contributed by atoms with E-state index in [0.717, 1.165) is 17.7 Å². The third kappa shape index (κ3) is 1.76. The van der Waals surface area contributed by atoms with Crippen LogP contribution in [0.1, 0.15) is 31.9 Å². The lowest BCUT2D eigenvalue weighted by Gasteiger charge is -2.07. The predicted octanol–water partition coefficient (Wildman–Crippen LogP) is 2.56. The molecule has 0 amide bonds. The Labute approximate surface area is 83.8 Å². The Morgan fingerprint density at radius 2 is 2.36 bits per heavy atom. The van der Waals surface area contributed by atoms with E-state index in [2.05, 4.69) is 24.0 Å². The van der Waals surface area contributed by atoms with Gasteiger partial charge >= 0.3 is 0 Å². The van der Waals surface area contributed by atoms with Crippen LogP contribution in [0.3, 0.4) is 0 Å². The first-order valence-corrected chi connectivity index (χ1v) is 4.90. The zero-order chi connectivity index (χ0) is 9.97. The molecule has 0 spiro atoms. The fourth-order valence-corrected chi connectivity index (χ4v) is 1.48. The van der Waals surface area contributed by atoms with Crippen LogP contribution in [-0.4, -0.2) is 10.7 Å². The Kier molecular flexibility index (Phi) is 2.48. The van der Waals surface area contributed by atoms with Crippen molar-refractivity contribution in [3.8, 4) is 0 Å². The molecule has 0 aromatic carbocycles. The molecule has 1 aromatic heterocycles. The van der Waals surface area contributed by atoms with Crippen molar-refractivity contribution in [2.75, 3.05) is 0 Å². The molecular formula is C11H14N2O. The smallest absolute Gasteiger partial charge is 0.159 e. The number of pyridine rings is 1. The summed E-state index contributed by atoms with van der Waals surface area (Å²) in [6, 6.07) is 3.95. The van der Waals surface area contributed by atoms with Crippen molar-refractivity contribution in [2.45, 2.75) is 26.4 Å². The van der Waals surface area contributed by atoms with Crippen LogP contribution in [0.2, 0.25) is 0 Å². The van der Waals surface area contributed by atoms with Crippen LogP contribution in [-0.2, 0) is 4.84 Å². The van der Waals surface area contributed by atoms with Gasteiger partial charge in [0, 0.05) is 24.4 Å². The molecule has 0 N–H and O–H groups in total. The highest BCUT2D eigenvalue weighted by Gasteiger charge is 2.24. The summed E-state index contributed by atoms with van der Waals surface area (Å²) in [5, 5.41) is 4.08. The molecule has 1 aliphatic rings. The summed E-state index contributed by atoms with van der Waals surface area (Å²) >= 11 is 0. The highest BCUT2D eigenvalue weighted by molar-refractivity contribution is 5.87. The molecule has 0 bridgehead atoms. The predicted molar refractivity (Wildman–Crippen MR) is 55.0 cm³/mol. The molecule has 1 aliphatic heterocycles. The highest BCUT2D eigenvalue weighted by Crippen LogP contribution is 2.28. The van der Waals surface area contributed by atoms with E-state index in [9.17, 15) is 0 Å². The maximum atomic E-state index is 5.36. The van der Waals surface area contributed by atoms with Crippen molar-refractivity contribution in [1.29, 1.82) is 0 Å². The van der Waals surface area contributed by atoms with Gasteiger partial charge in [0.15, 0.2) is 6.10 Å². The normalized spacial score (nSPS) is 20.8. The molecular weight excluding hydrogens is 176 g/mol. The van der Waals surface area contributed by atoms with E-state index < -0.39 is 0 Å². The average molecular weight is 190 g/mol. The molecule has 0 radical (unpaired) electrons. The van der Waals surface area contributed by atoms with Gasteiger partial charge in [-0.2, -0.15) is 0 Å². The molecule has 3 heteroatoms. The van der Waals surface area contributed by atoms with Crippen LogP contribution < -0.4 is 0 Å². The van der Waals surface area contributed by atoms with Crippen LogP contribution >= 0.6 is 0 Å². The molecule has 2 heterocycles. The first-order valence-electron chi connectivity index (χ1n) is 4.90. The van der Waals surface area contributed by atoms with Crippen LogP contribution in [0.15, 0.2) is 29.7 Å². The first-order chi connectivity index (χ1) is 6.77. The van der Waals surface area contributed by atoms with E-state index in [1.165, 1.54) is 0 Å². The molecule has 1 atom stereocenters. The zero-order valence-electron chi connectivity index (χ0n) is 8.47. The maximum absolute atomic E-state index is 5.36. The van der Waals surface area contributed by atoms with Gasteiger partial charge in [-0.3, -0.25) is 4.98 Å². The maximum Gasteiger partial charge on any atom is 0.159 e. The van der Waals surface area contributed by atoms with Crippen molar-refractivity contribution >= 4 is 5.71 Å². The summed E-state index contributed by atoms with van der Waals surface area (Å²) in [6.45, 7) is 4.27. The molecule has 1 unspecified atom stereocenters. The Balaban J connectivity index is 2.06. The minimum atomic E-state index is 0.0705. The average Bonchev–Trinajstić information content (AvgIpc) is 2.68. The second kappa shape index (κ2) is 3.78. The lowest BCUT2D eigenvalue weighted by Crippen LogP contribution is -2.06. The lowest BCUT2D eigenvalue weighted by molar-refractivity contribution is 0.0854. The van der Waals surface area contributed by atoms with Crippen LogP contribution in [0.4, 0.5) is 0 Å².